The van der Waals surface area contributed by atoms with Crippen LogP contribution in [0.4, 0.5) is 0 Å². The van der Waals surface area contributed by atoms with Crippen molar-refractivity contribution in [2.24, 2.45) is 0 Å². The van der Waals surface area contributed by atoms with E-state index in [2.05, 4.69) is 10.1 Å². The fourth-order valence-electron chi connectivity index (χ4n) is 1.80. The molecule has 0 aliphatic rings. The first-order valence-corrected chi connectivity index (χ1v) is 6.70. The van der Waals surface area contributed by atoms with Crippen LogP contribution in [0.1, 0.15) is 0 Å². The molecule has 2 heterocycles. The maximum Gasteiger partial charge on any atom is 0.241 e. The van der Waals surface area contributed by atoms with Crippen molar-refractivity contribution in [3.05, 3.63) is 42.5 Å². The monoisotopic (exact) mass is 257 g/mol. The van der Waals surface area contributed by atoms with Gasteiger partial charge in [0.05, 0.1) is 0 Å². The van der Waals surface area contributed by atoms with E-state index in [0.29, 0.717) is 11.3 Å². The molecule has 0 unspecified atom stereocenters. The van der Waals surface area contributed by atoms with E-state index >= 15 is 0 Å². The Hall–Kier alpha value is -2.01. The van der Waals surface area contributed by atoms with Crippen LogP contribution in [0.2, 0.25) is 0 Å². The molecule has 90 valence electrons. The van der Waals surface area contributed by atoms with Gasteiger partial charge in [-0.2, -0.15) is 9.61 Å². The third kappa shape index (κ3) is 1.73. The van der Waals surface area contributed by atoms with E-state index in [9.17, 15) is 5.11 Å². The standard InChI is InChI=1S/C13H11N3OS/c1-18-11-8-7-10-14-12(13(17)16(10)15-11)9-5-3-2-4-6-9/h2-8,17H,1H3. The largest absolute Gasteiger partial charge is 0.492 e. The van der Waals surface area contributed by atoms with Gasteiger partial charge in [0.2, 0.25) is 5.88 Å². The molecule has 0 atom stereocenters. The predicted octanol–water partition coefficient (Wildman–Crippen LogP) is 2.82. The van der Waals surface area contributed by atoms with Gasteiger partial charge in [0, 0.05) is 5.56 Å². The Bertz CT molecular complexity index is 694. The quantitative estimate of drug-likeness (QED) is 0.717. The number of aromatic nitrogens is 3. The van der Waals surface area contributed by atoms with Gasteiger partial charge in [-0.1, -0.05) is 30.3 Å². The molecule has 0 aliphatic carbocycles. The normalized spacial score (nSPS) is 10.9. The van der Waals surface area contributed by atoms with Gasteiger partial charge in [-0.3, -0.25) is 0 Å². The first-order chi connectivity index (χ1) is 8.79. The van der Waals surface area contributed by atoms with Crippen LogP contribution >= 0.6 is 11.8 Å². The van der Waals surface area contributed by atoms with Crippen LogP contribution in [0.15, 0.2) is 47.5 Å². The van der Waals surface area contributed by atoms with Crippen molar-refractivity contribution in [1.29, 1.82) is 0 Å². The summed E-state index contributed by atoms with van der Waals surface area (Å²) in [5, 5.41) is 15.3. The van der Waals surface area contributed by atoms with Gasteiger partial charge >= 0.3 is 0 Å². The Labute approximate surface area is 108 Å². The van der Waals surface area contributed by atoms with E-state index in [0.717, 1.165) is 10.6 Å². The maximum absolute atomic E-state index is 10.2. The zero-order valence-electron chi connectivity index (χ0n) is 9.74. The van der Waals surface area contributed by atoms with Crippen molar-refractivity contribution in [3.63, 3.8) is 0 Å². The van der Waals surface area contributed by atoms with Crippen LogP contribution in [0.3, 0.4) is 0 Å². The minimum Gasteiger partial charge on any atom is -0.492 e. The van der Waals surface area contributed by atoms with Crippen LogP contribution in [-0.2, 0) is 0 Å². The van der Waals surface area contributed by atoms with Gasteiger partial charge in [0.25, 0.3) is 0 Å². The van der Waals surface area contributed by atoms with Crippen molar-refractivity contribution in [1.82, 2.24) is 14.6 Å². The smallest absolute Gasteiger partial charge is 0.241 e. The molecule has 0 saturated heterocycles. The minimum atomic E-state index is 0.0760. The second-order valence-electron chi connectivity index (χ2n) is 3.80. The van der Waals surface area contributed by atoms with Crippen LogP contribution < -0.4 is 0 Å². The highest BCUT2D eigenvalue weighted by atomic mass is 32.2. The molecule has 5 heteroatoms. The zero-order chi connectivity index (χ0) is 12.5. The number of thioether (sulfide) groups is 1. The molecule has 0 radical (unpaired) electrons. The van der Waals surface area contributed by atoms with E-state index in [4.69, 9.17) is 0 Å². The lowest BCUT2D eigenvalue weighted by atomic mass is 10.2. The molecule has 0 amide bonds. The van der Waals surface area contributed by atoms with Crippen LogP contribution in [0.25, 0.3) is 16.9 Å². The maximum atomic E-state index is 10.2. The summed E-state index contributed by atoms with van der Waals surface area (Å²) in [7, 11) is 0. The summed E-state index contributed by atoms with van der Waals surface area (Å²) < 4.78 is 1.47. The molecule has 4 nitrogen and oxygen atoms in total. The number of imidazole rings is 1. The molecule has 0 spiro atoms. The van der Waals surface area contributed by atoms with E-state index in [1.165, 1.54) is 16.3 Å². The molecule has 0 fully saturated rings. The molecular weight excluding hydrogens is 246 g/mol. The Balaban J connectivity index is 2.23. The highest BCUT2D eigenvalue weighted by Gasteiger charge is 2.13. The van der Waals surface area contributed by atoms with Gasteiger partial charge in [-0.05, 0) is 18.4 Å². The average Bonchev–Trinajstić information content (AvgIpc) is 2.77. The summed E-state index contributed by atoms with van der Waals surface area (Å²) in [4.78, 5) is 4.40. The number of hydrogen-bond acceptors (Lipinski definition) is 4. The van der Waals surface area contributed by atoms with Gasteiger partial charge in [0.15, 0.2) is 5.65 Å². The predicted molar refractivity (Wildman–Crippen MR) is 71.9 cm³/mol. The van der Waals surface area contributed by atoms with Crippen molar-refractivity contribution < 1.29 is 5.11 Å². The van der Waals surface area contributed by atoms with Gasteiger partial charge in [0.1, 0.15) is 10.7 Å². The summed E-state index contributed by atoms with van der Waals surface area (Å²) in [5.41, 5.74) is 2.08. The van der Waals surface area contributed by atoms with Crippen LogP contribution in [-0.4, -0.2) is 26.0 Å². The van der Waals surface area contributed by atoms with Gasteiger partial charge in [-0.25, -0.2) is 4.98 Å². The summed E-state index contributed by atoms with van der Waals surface area (Å²) >= 11 is 1.53. The second kappa shape index (κ2) is 4.34. The Morgan fingerprint density at radius 1 is 1.11 bits per heavy atom. The zero-order valence-corrected chi connectivity index (χ0v) is 10.6. The molecule has 0 saturated carbocycles. The second-order valence-corrected chi connectivity index (χ2v) is 4.62. The van der Waals surface area contributed by atoms with Crippen molar-refractivity contribution in [2.75, 3.05) is 6.26 Å². The fraction of sp³-hybridized carbons (Fsp3) is 0.0769. The number of nitrogens with zero attached hydrogens (tertiary/aromatic N) is 3. The number of hydrogen-bond donors (Lipinski definition) is 1. The number of benzene rings is 1. The third-order valence-corrected chi connectivity index (χ3v) is 3.32. The summed E-state index contributed by atoms with van der Waals surface area (Å²) in [6.07, 6.45) is 1.94. The molecule has 0 aliphatic heterocycles. The molecule has 0 bridgehead atoms. The van der Waals surface area contributed by atoms with E-state index in [1.54, 1.807) is 0 Å². The third-order valence-electron chi connectivity index (χ3n) is 2.69. The molecule has 1 aromatic carbocycles. The molecule has 18 heavy (non-hydrogen) atoms. The van der Waals surface area contributed by atoms with Crippen LogP contribution in [0.5, 0.6) is 5.88 Å². The average molecular weight is 257 g/mol. The first-order valence-electron chi connectivity index (χ1n) is 5.48. The molecule has 3 aromatic rings. The van der Waals surface area contributed by atoms with Crippen LogP contribution in [0, 0.1) is 0 Å². The Morgan fingerprint density at radius 3 is 2.61 bits per heavy atom. The minimum absolute atomic E-state index is 0.0760. The lowest BCUT2D eigenvalue weighted by molar-refractivity contribution is 0.438. The molecule has 3 rings (SSSR count). The number of aromatic hydroxyl groups is 1. The summed E-state index contributed by atoms with van der Waals surface area (Å²) in [5.74, 6) is 0.0760. The van der Waals surface area contributed by atoms with Gasteiger partial charge in [-0.15, -0.1) is 11.8 Å². The first kappa shape index (κ1) is 11.1. The lowest BCUT2D eigenvalue weighted by Gasteiger charge is -1.98. The topological polar surface area (TPSA) is 50.4 Å². The molecule has 1 N–H and O–H groups in total. The van der Waals surface area contributed by atoms with E-state index < -0.39 is 0 Å². The van der Waals surface area contributed by atoms with E-state index in [1.807, 2.05) is 48.7 Å². The molecular formula is C13H11N3OS. The highest BCUT2D eigenvalue weighted by Crippen LogP contribution is 2.29. The van der Waals surface area contributed by atoms with Crippen molar-refractivity contribution in [2.45, 2.75) is 5.03 Å². The van der Waals surface area contributed by atoms with Crippen molar-refractivity contribution >= 4 is 17.4 Å². The number of fused-ring (bicyclic) bond motifs is 1. The Morgan fingerprint density at radius 2 is 1.89 bits per heavy atom. The summed E-state index contributed by atoms with van der Waals surface area (Å²) in [6, 6.07) is 13.3. The fourth-order valence-corrected chi connectivity index (χ4v) is 2.17. The lowest BCUT2D eigenvalue weighted by Crippen LogP contribution is -1.91. The summed E-state index contributed by atoms with van der Waals surface area (Å²) in [6.45, 7) is 0. The SMILES string of the molecule is CSc1ccc2nc(-c3ccccc3)c(O)n2n1. The Kier molecular flexibility index (Phi) is 2.68. The number of rotatable bonds is 2. The van der Waals surface area contributed by atoms with Crippen molar-refractivity contribution in [3.8, 4) is 17.1 Å². The van der Waals surface area contributed by atoms with E-state index in [-0.39, 0.29) is 5.88 Å². The molecule has 2 aromatic heterocycles. The van der Waals surface area contributed by atoms with Gasteiger partial charge < -0.3 is 5.11 Å². The highest BCUT2D eigenvalue weighted by molar-refractivity contribution is 7.98.